The van der Waals surface area contributed by atoms with Gasteiger partial charge in [-0.15, -0.1) is 0 Å². The van der Waals surface area contributed by atoms with Crippen LogP contribution in [-0.2, 0) is 20.6 Å². The molecule has 0 aliphatic carbocycles. The highest BCUT2D eigenvalue weighted by Crippen LogP contribution is 2.15. The molecule has 0 radical (unpaired) electrons. The molecule has 0 saturated carbocycles. The van der Waals surface area contributed by atoms with Gasteiger partial charge in [0.15, 0.2) is 5.96 Å². The van der Waals surface area contributed by atoms with Crippen LogP contribution in [0, 0.1) is 5.92 Å². The fraction of sp³-hybridized carbons (Fsp3) is 0.667. The van der Waals surface area contributed by atoms with E-state index in [2.05, 4.69) is 20.9 Å². The monoisotopic (exact) mass is 448 g/mol. The summed E-state index contributed by atoms with van der Waals surface area (Å²) in [5, 5.41) is 9.39. The number of carbonyl (C=O) groups excluding carboxylic acids is 1. The summed E-state index contributed by atoms with van der Waals surface area (Å²) in [7, 11) is 1.77. The number of nitrogens with zero attached hydrogens (tertiary/aromatic N) is 1. The minimum Gasteiger partial charge on any atom is -0.444 e. The number of hydrogen-bond donors (Lipinski definition) is 3. The number of ether oxygens (including phenoxy) is 3. The molecule has 1 aliphatic heterocycles. The number of nitrogens with one attached hydrogen (secondary N) is 3. The van der Waals surface area contributed by atoms with Gasteiger partial charge >= 0.3 is 6.09 Å². The van der Waals surface area contributed by atoms with E-state index < -0.39 is 11.7 Å². The molecule has 0 atom stereocenters. The largest absolute Gasteiger partial charge is 0.444 e. The van der Waals surface area contributed by atoms with Gasteiger partial charge in [0.2, 0.25) is 0 Å². The van der Waals surface area contributed by atoms with Crippen molar-refractivity contribution in [2.45, 2.75) is 52.1 Å². The smallest absolute Gasteiger partial charge is 0.412 e. The van der Waals surface area contributed by atoms with Crippen molar-refractivity contribution < 1.29 is 19.0 Å². The number of anilines is 1. The van der Waals surface area contributed by atoms with Crippen molar-refractivity contribution in [3.63, 3.8) is 0 Å². The van der Waals surface area contributed by atoms with Gasteiger partial charge in [-0.05, 0) is 70.1 Å². The number of hydrogen-bond acceptors (Lipinski definition) is 5. The average Bonchev–Trinajstić information content (AvgIpc) is 2.75. The molecule has 32 heavy (non-hydrogen) atoms. The molecule has 0 spiro atoms. The third kappa shape index (κ3) is 11.3. The van der Waals surface area contributed by atoms with Gasteiger partial charge in [0.1, 0.15) is 5.60 Å². The lowest BCUT2D eigenvalue weighted by atomic mass is 10.0. The maximum absolute atomic E-state index is 11.8. The first-order valence-electron chi connectivity index (χ1n) is 11.5. The Labute approximate surface area is 192 Å². The van der Waals surface area contributed by atoms with Gasteiger partial charge in [-0.2, -0.15) is 0 Å². The van der Waals surface area contributed by atoms with E-state index in [-0.39, 0.29) is 0 Å². The van der Waals surface area contributed by atoms with Crippen molar-refractivity contribution in [1.29, 1.82) is 0 Å². The Morgan fingerprint density at radius 1 is 1.12 bits per heavy atom. The molecule has 0 bridgehead atoms. The van der Waals surface area contributed by atoms with Gasteiger partial charge in [-0.3, -0.25) is 10.3 Å². The molecule has 1 aliphatic rings. The molecule has 1 saturated heterocycles. The van der Waals surface area contributed by atoms with E-state index in [4.69, 9.17) is 14.2 Å². The molecule has 2 rings (SSSR count). The van der Waals surface area contributed by atoms with E-state index >= 15 is 0 Å². The first-order valence-corrected chi connectivity index (χ1v) is 11.5. The summed E-state index contributed by atoms with van der Waals surface area (Å²) < 4.78 is 16.4. The molecule has 1 fully saturated rings. The summed E-state index contributed by atoms with van der Waals surface area (Å²) in [5.74, 6) is 1.44. The van der Waals surface area contributed by atoms with E-state index in [1.54, 1.807) is 7.05 Å². The zero-order chi connectivity index (χ0) is 23.2. The summed E-state index contributed by atoms with van der Waals surface area (Å²) in [5.41, 5.74) is 1.37. The van der Waals surface area contributed by atoms with Crippen LogP contribution >= 0.6 is 0 Å². The van der Waals surface area contributed by atoms with E-state index in [1.165, 1.54) is 5.56 Å². The summed E-state index contributed by atoms with van der Waals surface area (Å²) in [6.45, 7) is 10.4. The molecule has 8 nitrogen and oxygen atoms in total. The Kier molecular flexibility index (Phi) is 11.3. The molecular formula is C24H40N4O4. The minimum absolute atomic E-state index is 0.448. The van der Waals surface area contributed by atoms with Crippen molar-refractivity contribution in [3.05, 3.63) is 29.8 Å². The quantitative estimate of drug-likeness (QED) is 0.288. The minimum atomic E-state index is -0.514. The summed E-state index contributed by atoms with van der Waals surface area (Å²) >= 11 is 0. The molecule has 1 aromatic rings. The summed E-state index contributed by atoms with van der Waals surface area (Å²) in [6, 6.07) is 7.76. The number of aliphatic imine (C=N–C) groups is 1. The second kappa shape index (κ2) is 14.0. The van der Waals surface area contributed by atoms with Gasteiger partial charge in [0.05, 0.1) is 0 Å². The SMILES string of the molecule is CN=C(NCCCOCC1CCOCC1)NCCc1ccc(NC(=O)OC(C)(C)C)cc1. The van der Waals surface area contributed by atoms with Crippen molar-refractivity contribution in [1.82, 2.24) is 10.6 Å². The average molecular weight is 449 g/mol. The Morgan fingerprint density at radius 2 is 1.81 bits per heavy atom. The van der Waals surface area contributed by atoms with Gasteiger partial charge in [-0.25, -0.2) is 4.79 Å². The topological polar surface area (TPSA) is 93.2 Å². The van der Waals surface area contributed by atoms with Crippen molar-refractivity contribution in [2.24, 2.45) is 10.9 Å². The summed E-state index contributed by atoms with van der Waals surface area (Å²) in [4.78, 5) is 16.1. The Balaban J connectivity index is 1.56. The third-order valence-electron chi connectivity index (χ3n) is 4.98. The van der Waals surface area contributed by atoms with Crippen LogP contribution in [0.1, 0.15) is 45.6 Å². The number of amides is 1. The fourth-order valence-electron chi connectivity index (χ4n) is 3.27. The number of rotatable bonds is 10. The molecular weight excluding hydrogens is 408 g/mol. The van der Waals surface area contributed by atoms with Gasteiger partial charge < -0.3 is 24.8 Å². The van der Waals surface area contributed by atoms with Crippen LogP contribution in [-0.4, -0.2) is 64.2 Å². The summed E-state index contributed by atoms with van der Waals surface area (Å²) in [6.07, 6.45) is 3.56. The number of guanidine groups is 1. The second-order valence-corrected chi connectivity index (χ2v) is 8.98. The highest BCUT2D eigenvalue weighted by atomic mass is 16.6. The fourth-order valence-corrected chi connectivity index (χ4v) is 3.27. The lowest BCUT2D eigenvalue weighted by molar-refractivity contribution is 0.0203. The molecule has 1 amide bonds. The first-order chi connectivity index (χ1) is 15.4. The maximum atomic E-state index is 11.8. The zero-order valence-electron chi connectivity index (χ0n) is 20.0. The first kappa shape index (κ1) is 25.9. The van der Waals surface area contributed by atoms with Crippen molar-refractivity contribution in [3.8, 4) is 0 Å². The molecule has 1 aromatic carbocycles. The van der Waals surface area contributed by atoms with E-state index in [9.17, 15) is 4.79 Å². The predicted molar refractivity (Wildman–Crippen MR) is 128 cm³/mol. The molecule has 180 valence electrons. The number of carbonyl (C=O) groups is 1. The molecule has 8 heteroatoms. The van der Waals surface area contributed by atoms with Gasteiger partial charge in [0, 0.05) is 52.3 Å². The lowest BCUT2D eigenvalue weighted by Gasteiger charge is -2.21. The number of benzene rings is 1. The van der Waals surface area contributed by atoms with Crippen LogP contribution in [0.3, 0.4) is 0 Å². The Morgan fingerprint density at radius 3 is 2.47 bits per heavy atom. The highest BCUT2D eigenvalue weighted by Gasteiger charge is 2.16. The van der Waals surface area contributed by atoms with Crippen LogP contribution in [0.5, 0.6) is 0 Å². The maximum Gasteiger partial charge on any atom is 0.412 e. The Hall–Kier alpha value is -2.32. The molecule has 0 aromatic heterocycles. The van der Waals surface area contributed by atoms with E-state index in [1.807, 2.05) is 45.0 Å². The van der Waals surface area contributed by atoms with Crippen LogP contribution in [0.15, 0.2) is 29.3 Å². The van der Waals surface area contributed by atoms with Crippen molar-refractivity contribution in [2.75, 3.05) is 51.9 Å². The second-order valence-electron chi connectivity index (χ2n) is 8.98. The normalized spacial score (nSPS) is 15.3. The highest BCUT2D eigenvalue weighted by molar-refractivity contribution is 5.84. The molecule has 0 unspecified atom stereocenters. The third-order valence-corrected chi connectivity index (χ3v) is 4.98. The van der Waals surface area contributed by atoms with Crippen LogP contribution in [0.25, 0.3) is 0 Å². The van der Waals surface area contributed by atoms with E-state index in [0.717, 1.165) is 71.2 Å². The van der Waals surface area contributed by atoms with Gasteiger partial charge in [-0.1, -0.05) is 12.1 Å². The van der Waals surface area contributed by atoms with Crippen LogP contribution < -0.4 is 16.0 Å². The molecule has 3 N–H and O–H groups in total. The van der Waals surface area contributed by atoms with Gasteiger partial charge in [0.25, 0.3) is 0 Å². The lowest BCUT2D eigenvalue weighted by Crippen LogP contribution is -2.39. The molecule has 1 heterocycles. The predicted octanol–water partition coefficient (Wildman–Crippen LogP) is 3.57. The standard InChI is InChI=1S/C24H40N4O4/c1-24(2,3)32-23(29)28-21-8-6-19(7-9-21)10-14-27-22(25-4)26-13-5-15-31-18-20-11-16-30-17-12-20/h6-9,20H,5,10-18H2,1-4H3,(H,28,29)(H2,25,26,27). The van der Waals surface area contributed by atoms with Crippen molar-refractivity contribution >= 4 is 17.7 Å². The van der Waals surface area contributed by atoms with E-state index in [0.29, 0.717) is 11.6 Å². The zero-order valence-corrected chi connectivity index (χ0v) is 20.0. The Bertz CT molecular complexity index is 695. The van der Waals surface area contributed by atoms with Crippen LogP contribution in [0.4, 0.5) is 10.5 Å². The van der Waals surface area contributed by atoms with Crippen LogP contribution in [0.2, 0.25) is 0 Å².